The van der Waals surface area contributed by atoms with Crippen LogP contribution in [0.25, 0.3) is 0 Å². The molecule has 0 spiro atoms. The average Bonchev–Trinajstić information content (AvgIpc) is 2.48. The predicted molar refractivity (Wildman–Crippen MR) is 82.7 cm³/mol. The van der Waals surface area contributed by atoms with E-state index in [2.05, 4.69) is 40.2 Å². The summed E-state index contributed by atoms with van der Waals surface area (Å²) in [4.78, 5) is 6.54. The fourth-order valence-corrected chi connectivity index (χ4v) is 2.85. The van der Waals surface area contributed by atoms with Gasteiger partial charge in [-0.1, -0.05) is 12.1 Å². The Morgan fingerprint density at radius 1 is 1.25 bits per heavy atom. The maximum absolute atomic E-state index is 5.98. The molecule has 2 N–H and O–H groups in total. The van der Waals surface area contributed by atoms with Crippen molar-refractivity contribution in [3.05, 3.63) is 59.4 Å². The minimum Gasteiger partial charge on any atom is -0.367 e. The van der Waals surface area contributed by atoms with E-state index in [9.17, 15) is 0 Å². The van der Waals surface area contributed by atoms with E-state index in [4.69, 9.17) is 5.73 Å². The standard InChI is InChI=1S/C17H21N3/c1-13(18)15-4-5-17-16(11-15)3-2-10-20(17)12-14-6-8-19-9-7-14/h4-9,11,13H,2-3,10,12,18H2,1H3. The van der Waals surface area contributed by atoms with Crippen molar-refractivity contribution >= 4 is 5.69 Å². The topological polar surface area (TPSA) is 42.1 Å². The number of aryl methyl sites for hydroxylation is 1. The van der Waals surface area contributed by atoms with E-state index < -0.39 is 0 Å². The number of rotatable bonds is 3. The van der Waals surface area contributed by atoms with Crippen molar-refractivity contribution in [3.8, 4) is 0 Å². The third-order valence-electron chi connectivity index (χ3n) is 3.97. The van der Waals surface area contributed by atoms with Crippen molar-refractivity contribution in [1.82, 2.24) is 4.98 Å². The highest BCUT2D eigenvalue weighted by Gasteiger charge is 2.17. The van der Waals surface area contributed by atoms with Crippen molar-refractivity contribution in [2.45, 2.75) is 32.4 Å². The van der Waals surface area contributed by atoms with Crippen LogP contribution >= 0.6 is 0 Å². The van der Waals surface area contributed by atoms with Crippen LogP contribution < -0.4 is 10.6 Å². The number of benzene rings is 1. The summed E-state index contributed by atoms with van der Waals surface area (Å²) in [5.41, 5.74) is 11.3. The summed E-state index contributed by atoms with van der Waals surface area (Å²) in [6.07, 6.45) is 6.09. The molecule has 3 rings (SSSR count). The Kier molecular flexibility index (Phi) is 3.70. The fraction of sp³-hybridized carbons (Fsp3) is 0.353. The normalized spacial score (nSPS) is 15.8. The van der Waals surface area contributed by atoms with Crippen molar-refractivity contribution in [2.75, 3.05) is 11.4 Å². The van der Waals surface area contributed by atoms with Crippen LogP contribution in [0.1, 0.15) is 36.1 Å². The molecule has 0 fully saturated rings. The number of fused-ring (bicyclic) bond motifs is 1. The molecule has 104 valence electrons. The molecule has 20 heavy (non-hydrogen) atoms. The maximum atomic E-state index is 5.98. The van der Waals surface area contributed by atoms with Crippen molar-refractivity contribution in [2.24, 2.45) is 5.73 Å². The lowest BCUT2D eigenvalue weighted by Crippen LogP contribution is -2.29. The number of nitrogens with zero attached hydrogens (tertiary/aromatic N) is 2. The lowest BCUT2D eigenvalue weighted by Gasteiger charge is -2.32. The van der Waals surface area contributed by atoms with Gasteiger partial charge in [0.05, 0.1) is 0 Å². The van der Waals surface area contributed by atoms with Crippen LogP contribution in [0.3, 0.4) is 0 Å². The quantitative estimate of drug-likeness (QED) is 0.929. The van der Waals surface area contributed by atoms with Gasteiger partial charge >= 0.3 is 0 Å². The van der Waals surface area contributed by atoms with Crippen molar-refractivity contribution in [1.29, 1.82) is 0 Å². The van der Waals surface area contributed by atoms with Crippen LogP contribution in [0.2, 0.25) is 0 Å². The minimum absolute atomic E-state index is 0.107. The van der Waals surface area contributed by atoms with Crippen LogP contribution in [0, 0.1) is 0 Å². The third-order valence-corrected chi connectivity index (χ3v) is 3.97. The van der Waals surface area contributed by atoms with Gasteiger partial charge in [-0.25, -0.2) is 0 Å². The highest BCUT2D eigenvalue weighted by atomic mass is 15.1. The van der Waals surface area contributed by atoms with Gasteiger partial charge in [0.2, 0.25) is 0 Å². The molecule has 1 aliphatic rings. The summed E-state index contributed by atoms with van der Waals surface area (Å²) in [6.45, 7) is 4.11. The zero-order valence-electron chi connectivity index (χ0n) is 11.9. The Balaban J connectivity index is 1.86. The van der Waals surface area contributed by atoms with Gasteiger partial charge in [0.1, 0.15) is 0 Å². The first kappa shape index (κ1) is 13.1. The van der Waals surface area contributed by atoms with Crippen molar-refractivity contribution < 1.29 is 0 Å². The summed E-state index contributed by atoms with van der Waals surface area (Å²) < 4.78 is 0. The monoisotopic (exact) mass is 267 g/mol. The molecule has 3 heteroatoms. The molecule has 1 aromatic heterocycles. The number of anilines is 1. The van der Waals surface area contributed by atoms with E-state index >= 15 is 0 Å². The molecule has 0 saturated heterocycles. The SMILES string of the molecule is CC(N)c1ccc2c(c1)CCCN2Cc1ccncc1. The van der Waals surface area contributed by atoms with Gasteiger partial charge in [-0.05, 0) is 54.7 Å². The van der Waals surface area contributed by atoms with Crippen molar-refractivity contribution in [3.63, 3.8) is 0 Å². The second-order valence-electron chi connectivity index (χ2n) is 5.56. The molecule has 2 heterocycles. The van der Waals surface area contributed by atoms with Crippen LogP contribution in [0.15, 0.2) is 42.7 Å². The van der Waals surface area contributed by atoms with Crippen LogP contribution in [0.4, 0.5) is 5.69 Å². The Labute approximate surface area is 120 Å². The van der Waals surface area contributed by atoms with Gasteiger partial charge in [0.15, 0.2) is 0 Å². The molecule has 1 aromatic carbocycles. The van der Waals surface area contributed by atoms with E-state index in [0.29, 0.717) is 0 Å². The molecule has 0 aliphatic carbocycles. The summed E-state index contributed by atoms with van der Waals surface area (Å²) in [5, 5.41) is 0. The van der Waals surface area contributed by atoms with Crippen LogP contribution in [0.5, 0.6) is 0 Å². The molecule has 3 nitrogen and oxygen atoms in total. The Morgan fingerprint density at radius 3 is 2.80 bits per heavy atom. The second-order valence-corrected chi connectivity index (χ2v) is 5.56. The molecule has 0 bridgehead atoms. The molecule has 0 radical (unpaired) electrons. The Bertz CT molecular complexity index is 578. The fourth-order valence-electron chi connectivity index (χ4n) is 2.85. The zero-order chi connectivity index (χ0) is 13.9. The molecule has 1 unspecified atom stereocenters. The Morgan fingerprint density at radius 2 is 2.05 bits per heavy atom. The summed E-state index contributed by atoms with van der Waals surface area (Å²) in [5.74, 6) is 0. The van der Waals surface area contributed by atoms with E-state index in [1.807, 2.05) is 19.3 Å². The number of hydrogen-bond donors (Lipinski definition) is 1. The first-order valence-electron chi connectivity index (χ1n) is 7.26. The predicted octanol–water partition coefficient (Wildman–Crippen LogP) is 3.05. The molecule has 1 atom stereocenters. The molecule has 2 aromatic rings. The lowest BCUT2D eigenvalue weighted by atomic mass is 9.96. The first-order valence-corrected chi connectivity index (χ1v) is 7.26. The summed E-state index contributed by atoms with van der Waals surface area (Å²) >= 11 is 0. The summed E-state index contributed by atoms with van der Waals surface area (Å²) in [7, 11) is 0. The number of aromatic nitrogens is 1. The molecule has 0 saturated carbocycles. The van der Waals surface area contributed by atoms with Gasteiger partial charge in [-0.2, -0.15) is 0 Å². The van der Waals surface area contributed by atoms with E-state index in [1.54, 1.807) is 0 Å². The third kappa shape index (κ3) is 2.68. The van der Waals surface area contributed by atoms with Crippen LogP contribution in [-0.2, 0) is 13.0 Å². The molecular weight excluding hydrogens is 246 g/mol. The molecule has 1 aliphatic heterocycles. The molecular formula is C17H21N3. The van der Waals surface area contributed by atoms with Gasteiger partial charge in [0, 0.05) is 37.2 Å². The van der Waals surface area contributed by atoms with E-state index in [-0.39, 0.29) is 6.04 Å². The average molecular weight is 267 g/mol. The van der Waals surface area contributed by atoms with E-state index in [1.165, 1.54) is 28.8 Å². The van der Waals surface area contributed by atoms with E-state index in [0.717, 1.165) is 19.5 Å². The summed E-state index contributed by atoms with van der Waals surface area (Å²) in [6, 6.07) is 11.0. The number of nitrogens with two attached hydrogens (primary N) is 1. The molecule has 0 amide bonds. The smallest absolute Gasteiger partial charge is 0.0430 e. The van der Waals surface area contributed by atoms with Gasteiger partial charge < -0.3 is 10.6 Å². The van der Waals surface area contributed by atoms with Gasteiger partial charge in [-0.3, -0.25) is 4.98 Å². The lowest BCUT2D eigenvalue weighted by molar-refractivity contribution is 0.687. The number of hydrogen-bond acceptors (Lipinski definition) is 3. The highest BCUT2D eigenvalue weighted by Crippen LogP contribution is 2.30. The zero-order valence-corrected chi connectivity index (χ0v) is 11.9. The largest absolute Gasteiger partial charge is 0.367 e. The second kappa shape index (κ2) is 5.63. The van der Waals surface area contributed by atoms with Gasteiger partial charge in [-0.15, -0.1) is 0 Å². The maximum Gasteiger partial charge on any atom is 0.0430 e. The van der Waals surface area contributed by atoms with Crippen LogP contribution in [-0.4, -0.2) is 11.5 Å². The first-order chi connectivity index (χ1) is 9.74. The minimum atomic E-state index is 0.107. The highest BCUT2D eigenvalue weighted by molar-refractivity contribution is 5.57. The van der Waals surface area contributed by atoms with Gasteiger partial charge in [0.25, 0.3) is 0 Å². The number of pyridine rings is 1. The Hall–Kier alpha value is -1.87.